The summed E-state index contributed by atoms with van der Waals surface area (Å²) in [7, 11) is -0.240. The zero-order valence-electron chi connectivity index (χ0n) is 3.85. The maximum Gasteiger partial charge on any atom is 0.359 e. The smallest absolute Gasteiger partial charge is 0.0761 e. The Labute approximate surface area is 43.9 Å². The molecule has 0 aromatic carbocycles. The molecule has 0 bridgehead atoms. The minimum absolute atomic E-state index is 0.240. The molecule has 0 amide bonds. The molecule has 1 aliphatic rings. The van der Waals surface area contributed by atoms with Crippen LogP contribution in [0.25, 0.3) is 0 Å². The third-order valence-electron chi connectivity index (χ3n) is 0.902. The molecule has 7 heavy (non-hydrogen) atoms. The molecule has 0 aromatic rings. The van der Waals surface area contributed by atoms with Gasteiger partial charge in [0.25, 0.3) is 0 Å². The van der Waals surface area contributed by atoms with Crippen molar-refractivity contribution in [3.05, 3.63) is 23.5 Å². The molecule has 0 saturated carbocycles. The summed E-state index contributed by atoms with van der Waals surface area (Å²) in [5.74, 6) is 0. The van der Waals surface area contributed by atoms with Crippen LogP contribution < -0.4 is 0 Å². The quantitative estimate of drug-likeness (QED) is 0.474. The minimum Gasteiger partial charge on any atom is -0.0761 e. The van der Waals surface area contributed by atoms with Crippen molar-refractivity contribution >= 4 is 8.46 Å². The van der Waals surface area contributed by atoms with Crippen molar-refractivity contribution in [1.29, 1.82) is 0 Å². The molecule has 2 heteroatoms. The van der Waals surface area contributed by atoms with Crippen LogP contribution in [-0.2, 0) is 4.57 Å². The van der Waals surface area contributed by atoms with Crippen LogP contribution >= 0.6 is 8.46 Å². The van der Waals surface area contributed by atoms with Crippen LogP contribution in [0.3, 0.4) is 0 Å². The Morgan fingerprint density at radius 3 is 2.86 bits per heavy atom. The van der Waals surface area contributed by atoms with Gasteiger partial charge in [-0.15, -0.1) is 0 Å². The zero-order valence-corrected chi connectivity index (χ0v) is 4.85. The van der Waals surface area contributed by atoms with Crippen molar-refractivity contribution in [2.45, 2.75) is 6.42 Å². The van der Waals surface area contributed by atoms with Gasteiger partial charge in [0.05, 0.1) is 0 Å². The highest BCUT2D eigenvalue weighted by molar-refractivity contribution is 7.29. The summed E-state index contributed by atoms with van der Waals surface area (Å²) in [5.41, 5.74) is 0. The van der Waals surface area contributed by atoms with E-state index in [0.717, 1.165) is 11.7 Å². The zero-order chi connectivity index (χ0) is 5.11. The van der Waals surface area contributed by atoms with E-state index in [1.54, 1.807) is 0 Å². The van der Waals surface area contributed by atoms with Crippen LogP contribution in [0, 0.1) is 0 Å². The Hall–Kier alpha value is -0.420. The lowest BCUT2D eigenvalue weighted by molar-refractivity contribution is 0.601. The summed E-state index contributed by atoms with van der Waals surface area (Å²) >= 11 is 0. The van der Waals surface area contributed by atoms with E-state index in [2.05, 4.69) is 0 Å². The molecule has 1 aliphatic carbocycles. The molecule has 0 N–H and O–H groups in total. The van der Waals surface area contributed by atoms with Crippen LogP contribution in [-0.4, -0.2) is 0 Å². The first-order valence-electron chi connectivity index (χ1n) is 2.17. The maximum absolute atomic E-state index is 10.1. The fraction of sp³-hybridized carbons (Fsp3) is 0.200. The van der Waals surface area contributed by atoms with Crippen LogP contribution in [0.5, 0.6) is 0 Å². The van der Waals surface area contributed by atoms with E-state index in [0.29, 0.717) is 0 Å². The Balaban J connectivity index is 2.61. The third kappa shape index (κ3) is 0.971. The lowest BCUT2D eigenvalue weighted by Crippen LogP contribution is -1.54. The molecule has 0 spiro atoms. The van der Waals surface area contributed by atoms with Gasteiger partial charge in [-0.1, -0.05) is 16.7 Å². The largest absolute Gasteiger partial charge is 0.359 e. The summed E-state index contributed by atoms with van der Waals surface area (Å²) < 4.78 is 10.1. The van der Waals surface area contributed by atoms with Gasteiger partial charge in [-0.2, -0.15) is 0 Å². The summed E-state index contributed by atoms with van der Waals surface area (Å²) in [6, 6.07) is 0. The van der Waals surface area contributed by atoms with Crippen molar-refractivity contribution in [3.63, 3.8) is 0 Å². The molecule has 0 radical (unpaired) electrons. The van der Waals surface area contributed by atoms with Gasteiger partial charge in [0.15, 0.2) is 5.31 Å². The summed E-state index contributed by atoms with van der Waals surface area (Å²) in [6.07, 6.45) is 6.72. The Morgan fingerprint density at radius 1 is 1.71 bits per heavy atom. The Kier molecular flexibility index (Phi) is 1.38. The first-order valence-corrected chi connectivity index (χ1v) is 3.08. The lowest BCUT2D eigenvalue weighted by atomic mass is 10.5. The average molecular weight is 113 g/mol. The van der Waals surface area contributed by atoms with Crippen molar-refractivity contribution in [2.24, 2.45) is 0 Å². The molecule has 36 valence electrons. The number of hydrogen-bond acceptors (Lipinski definition) is 1. The summed E-state index contributed by atoms with van der Waals surface area (Å²) in [5, 5.41) is 1.03. The van der Waals surface area contributed by atoms with Crippen LogP contribution in [0.1, 0.15) is 6.42 Å². The molecule has 0 aliphatic heterocycles. The molecule has 0 aromatic heterocycles. The van der Waals surface area contributed by atoms with E-state index in [1.807, 2.05) is 18.2 Å². The predicted molar refractivity (Wildman–Crippen MR) is 30.8 cm³/mol. The SMILES string of the molecule is O=[PH+]C1=CC=CC1. The van der Waals surface area contributed by atoms with E-state index >= 15 is 0 Å². The van der Waals surface area contributed by atoms with Crippen molar-refractivity contribution in [2.75, 3.05) is 0 Å². The monoisotopic (exact) mass is 113 g/mol. The van der Waals surface area contributed by atoms with E-state index in [9.17, 15) is 4.57 Å². The standard InChI is InChI=1S/C5H5OP/c6-7-5-3-1-2-4-5/h1-3H,4H2/p+1. The minimum atomic E-state index is -0.240. The second-order valence-corrected chi connectivity index (χ2v) is 2.27. The van der Waals surface area contributed by atoms with Crippen molar-refractivity contribution in [1.82, 2.24) is 0 Å². The summed E-state index contributed by atoms with van der Waals surface area (Å²) in [4.78, 5) is 0. The molecule has 0 saturated heterocycles. The molecule has 0 heterocycles. The normalized spacial score (nSPS) is 18.0. The number of hydrogen-bond donors (Lipinski definition) is 0. The van der Waals surface area contributed by atoms with Gasteiger partial charge in [-0.3, -0.25) is 0 Å². The van der Waals surface area contributed by atoms with E-state index in [1.165, 1.54) is 0 Å². The fourth-order valence-corrected chi connectivity index (χ4v) is 0.888. The predicted octanol–water partition coefficient (Wildman–Crippen LogP) is 1.85. The van der Waals surface area contributed by atoms with Crippen LogP contribution in [0.4, 0.5) is 0 Å². The van der Waals surface area contributed by atoms with E-state index < -0.39 is 0 Å². The van der Waals surface area contributed by atoms with Gasteiger partial charge in [-0.05, 0) is 6.08 Å². The van der Waals surface area contributed by atoms with Gasteiger partial charge in [0.1, 0.15) is 0 Å². The average Bonchev–Trinajstić information content (AvgIpc) is 2.14. The Bertz CT molecular complexity index is 135. The van der Waals surface area contributed by atoms with Gasteiger partial charge >= 0.3 is 8.46 Å². The highest BCUT2D eigenvalue weighted by atomic mass is 31.1. The topological polar surface area (TPSA) is 17.1 Å². The molecule has 1 rings (SSSR count). The first-order chi connectivity index (χ1) is 3.43. The highest BCUT2D eigenvalue weighted by Crippen LogP contribution is 2.20. The van der Waals surface area contributed by atoms with Gasteiger partial charge < -0.3 is 0 Å². The lowest BCUT2D eigenvalue weighted by Gasteiger charge is -1.66. The highest BCUT2D eigenvalue weighted by Gasteiger charge is 2.03. The second kappa shape index (κ2) is 2.04. The summed E-state index contributed by atoms with van der Waals surface area (Å²) in [6.45, 7) is 0. The molecular weight excluding hydrogens is 107 g/mol. The first kappa shape index (κ1) is 4.73. The number of rotatable bonds is 1. The van der Waals surface area contributed by atoms with Gasteiger partial charge in [0.2, 0.25) is 0 Å². The Morgan fingerprint density at radius 2 is 2.57 bits per heavy atom. The maximum atomic E-state index is 10.1. The van der Waals surface area contributed by atoms with Crippen LogP contribution in [0.2, 0.25) is 0 Å². The van der Waals surface area contributed by atoms with Crippen molar-refractivity contribution in [3.8, 4) is 0 Å². The third-order valence-corrected chi connectivity index (χ3v) is 1.54. The van der Waals surface area contributed by atoms with Crippen LogP contribution in [0.15, 0.2) is 23.5 Å². The molecule has 0 fully saturated rings. The van der Waals surface area contributed by atoms with Crippen molar-refractivity contribution < 1.29 is 4.57 Å². The molecular formula is C5H6OP+. The fourth-order valence-electron chi connectivity index (χ4n) is 0.523. The molecule has 1 nitrogen and oxygen atoms in total. The second-order valence-electron chi connectivity index (χ2n) is 1.43. The van der Waals surface area contributed by atoms with Gasteiger partial charge in [0, 0.05) is 6.42 Å². The van der Waals surface area contributed by atoms with Gasteiger partial charge in [-0.25, -0.2) is 0 Å². The number of allylic oxidation sites excluding steroid dienone is 4. The van der Waals surface area contributed by atoms with E-state index in [4.69, 9.17) is 0 Å². The van der Waals surface area contributed by atoms with E-state index in [-0.39, 0.29) is 8.46 Å². The molecule has 1 unspecified atom stereocenters. The molecule has 1 atom stereocenters.